The van der Waals surface area contributed by atoms with E-state index in [1.165, 1.54) is 36.2 Å². The molecule has 0 spiro atoms. The molecule has 34 heavy (non-hydrogen) atoms. The Bertz CT molecular complexity index is 921. The summed E-state index contributed by atoms with van der Waals surface area (Å²) >= 11 is 0. The molecule has 0 unspecified atom stereocenters. The molecule has 188 valence electrons. The average molecular weight is 480 g/mol. The fourth-order valence-electron chi connectivity index (χ4n) is 4.53. The predicted molar refractivity (Wildman–Crippen MR) is 124 cm³/mol. The SMILES string of the molecule is CN(N)/C(COC(=O)N(C)C1CC(F)(F)C1)=C(\N)c1ccc(OC2CCCCC2)c(C2CC2)n1. The molecule has 4 rings (SSSR count). The molecule has 10 heteroatoms. The number of carbonyl (C=O) groups excluding carboxylic acids is 1. The van der Waals surface area contributed by atoms with E-state index in [0.29, 0.717) is 23.0 Å². The molecule has 1 aromatic heterocycles. The van der Waals surface area contributed by atoms with Crippen molar-refractivity contribution in [2.24, 2.45) is 11.6 Å². The van der Waals surface area contributed by atoms with Gasteiger partial charge in [-0.3, -0.25) is 0 Å². The number of nitrogens with two attached hydrogens (primary N) is 2. The van der Waals surface area contributed by atoms with Crippen molar-refractivity contribution < 1.29 is 23.0 Å². The zero-order valence-corrected chi connectivity index (χ0v) is 19.9. The highest BCUT2D eigenvalue weighted by Crippen LogP contribution is 2.44. The molecule has 1 aromatic rings. The standard InChI is InChI=1S/C24H35F2N5O3/c1-30(16-12-24(25,26)13-16)23(32)33-14-19(31(2)28)21(27)18-10-11-20(22(29-18)15-8-9-15)34-17-6-4-3-5-7-17/h10-11,15-17H,3-9,12-14,27-28H2,1-2H3/b21-19-. The number of rotatable bonds is 8. The summed E-state index contributed by atoms with van der Waals surface area (Å²) in [7, 11) is 3.05. The summed E-state index contributed by atoms with van der Waals surface area (Å²) in [5.74, 6) is 4.43. The van der Waals surface area contributed by atoms with Gasteiger partial charge >= 0.3 is 6.09 Å². The van der Waals surface area contributed by atoms with Crippen molar-refractivity contribution in [3.8, 4) is 5.75 Å². The third-order valence-electron chi connectivity index (χ3n) is 6.95. The number of carbonyl (C=O) groups is 1. The van der Waals surface area contributed by atoms with Crippen molar-refractivity contribution >= 4 is 11.8 Å². The van der Waals surface area contributed by atoms with Crippen LogP contribution >= 0.6 is 0 Å². The quantitative estimate of drug-likeness (QED) is 0.429. The number of alkyl halides is 2. The van der Waals surface area contributed by atoms with E-state index < -0.39 is 18.1 Å². The van der Waals surface area contributed by atoms with Gasteiger partial charge in [-0.1, -0.05) is 6.42 Å². The Morgan fingerprint density at radius 2 is 1.82 bits per heavy atom. The Morgan fingerprint density at radius 1 is 1.15 bits per heavy atom. The second kappa shape index (κ2) is 9.93. The number of likely N-dealkylation sites (N-methyl/N-ethyl adjacent to an activating group) is 1. The van der Waals surface area contributed by atoms with Crippen molar-refractivity contribution in [3.05, 3.63) is 29.2 Å². The number of ether oxygens (including phenoxy) is 2. The summed E-state index contributed by atoms with van der Waals surface area (Å²) in [6, 6.07) is 3.18. The minimum atomic E-state index is -2.72. The van der Waals surface area contributed by atoms with E-state index in [1.807, 2.05) is 6.07 Å². The summed E-state index contributed by atoms with van der Waals surface area (Å²) in [6.45, 7) is -0.202. The van der Waals surface area contributed by atoms with E-state index in [9.17, 15) is 13.6 Å². The van der Waals surface area contributed by atoms with Gasteiger partial charge in [-0.2, -0.15) is 0 Å². The third kappa shape index (κ3) is 5.71. The highest BCUT2D eigenvalue weighted by atomic mass is 19.3. The van der Waals surface area contributed by atoms with Gasteiger partial charge in [0.1, 0.15) is 12.4 Å². The Hall–Kier alpha value is -2.62. The van der Waals surface area contributed by atoms with Gasteiger partial charge in [0.15, 0.2) is 0 Å². The molecule has 4 N–H and O–H groups in total. The summed E-state index contributed by atoms with van der Waals surface area (Å²) < 4.78 is 37.9. The predicted octanol–water partition coefficient (Wildman–Crippen LogP) is 3.97. The number of halogens is 2. The lowest BCUT2D eigenvalue weighted by Gasteiger charge is -2.40. The second-order valence-corrected chi connectivity index (χ2v) is 9.79. The van der Waals surface area contributed by atoms with Gasteiger partial charge in [0.25, 0.3) is 5.92 Å². The lowest BCUT2D eigenvalue weighted by atomic mass is 9.87. The molecule has 1 amide bonds. The van der Waals surface area contributed by atoms with Crippen molar-refractivity contribution in [3.63, 3.8) is 0 Å². The molecule has 3 saturated carbocycles. The molecule has 3 aliphatic carbocycles. The Kier molecular flexibility index (Phi) is 7.16. The van der Waals surface area contributed by atoms with Crippen LogP contribution in [0.2, 0.25) is 0 Å². The Morgan fingerprint density at radius 3 is 2.41 bits per heavy atom. The van der Waals surface area contributed by atoms with E-state index >= 15 is 0 Å². The van der Waals surface area contributed by atoms with Gasteiger partial charge in [0.2, 0.25) is 0 Å². The van der Waals surface area contributed by atoms with Crippen LogP contribution in [0.25, 0.3) is 5.70 Å². The molecule has 0 radical (unpaired) electrons. The van der Waals surface area contributed by atoms with Gasteiger partial charge in [-0.25, -0.2) is 24.4 Å². The maximum atomic E-state index is 13.1. The van der Waals surface area contributed by atoms with Crippen LogP contribution in [0.3, 0.4) is 0 Å². The minimum absolute atomic E-state index is 0.202. The molecule has 3 fully saturated rings. The van der Waals surface area contributed by atoms with Crippen molar-refractivity contribution in [2.75, 3.05) is 20.7 Å². The van der Waals surface area contributed by atoms with E-state index in [-0.39, 0.29) is 25.6 Å². The van der Waals surface area contributed by atoms with E-state index in [2.05, 4.69) is 0 Å². The minimum Gasteiger partial charge on any atom is -0.489 e. The van der Waals surface area contributed by atoms with E-state index in [4.69, 9.17) is 26.0 Å². The van der Waals surface area contributed by atoms with Gasteiger partial charge in [0.05, 0.1) is 28.9 Å². The number of amides is 1. The number of hydrazine groups is 1. The van der Waals surface area contributed by atoms with E-state index in [0.717, 1.165) is 37.1 Å². The Labute approximate surface area is 199 Å². The second-order valence-electron chi connectivity index (χ2n) is 9.79. The lowest BCUT2D eigenvalue weighted by molar-refractivity contribution is -0.115. The first-order valence-corrected chi connectivity index (χ1v) is 12.1. The number of aromatic nitrogens is 1. The van der Waals surface area contributed by atoms with Gasteiger partial charge in [-0.05, 0) is 50.7 Å². The van der Waals surface area contributed by atoms with Gasteiger partial charge in [0, 0.05) is 38.9 Å². The van der Waals surface area contributed by atoms with Crippen molar-refractivity contribution in [1.82, 2.24) is 14.9 Å². The largest absolute Gasteiger partial charge is 0.489 e. The van der Waals surface area contributed by atoms with Gasteiger partial charge in [-0.15, -0.1) is 0 Å². The molecule has 0 saturated heterocycles. The van der Waals surface area contributed by atoms with Crippen LogP contribution in [-0.2, 0) is 4.74 Å². The molecular weight excluding hydrogens is 444 g/mol. The maximum Gasteiger partial charge on any atom is 0.410 e. The number of hydrogen-bond donors (Lipinski definition) is 2. The first-order valence-electron chi connectivity index (χ1n) is 12.1. The van der Waals surface area contributed by atoms with Crippen LogP contribution in [0, 0.1) is 0 Å². The number of pyridine rings is 1. The highest BCUT2D eigenvalue weighted by Gasteiger charge is 2.48. The zero-order chi connectivity index (χ0) is 24.5. The number of hydrogen-bond acceptors (Lipinski definition) is 7. The molecule has 3 aliphatic rings. The average Bonchev–Trinajstić information content (AvgIpc) is 3.63. The van der Waals surface area contributed by atoms with Crippen LogP contribution in [0.1, 0.15) is 75.1 Å². The smallest absolute Gasteiger partial charge is 0.410 e. The molecule has 1 heterocycles. The van der Waals surface area contributed by atoms with Crippen molar-refractivity contribution in [2.45, 2.75) is 81.8 Å². The topological polar surface area (TPSA) is 107 Å². The van der Waals surface area contributed by atoms with Crippen LogP contribution < -0.4 is 16.3 Å². The molecule has 0 aromatic carbocycles. The van der Waals surface area contributed by atoms with Crippen LogP contribution in [0.15, 0.2) is 17.8 Å². The highest BCUT2D eigenvalue weighted by molar-refractivity contribution is 5.69. The summed E-state index contributed by atoms with van der Waals surface area (Å²) in [5, 5.41) is 1.28. The maximum absolute atomic E-state index is 13.1. The fraction of sp³-hybridized carbons (Fsp3) is 0.667. The molecule has 0 bridgehead atoms. The van der Waals surface area contributed by atoms with Gasteiger partial charge < -0.3 is 25.1 Å². The molecular formula is C24H35F2N5O3. The van der Waals surface area contributed by atoms with Crippen LogP contribution in [0.5, 0.6) is 5.75 Å². The van der Waals surface area contributed by atoms with E-state index in [1.54, 1.807) is 13.1 Å². The first kappa shape index (κ1) is 24.5. The zero-order valence-electron chi connectivity index (χ0n) is 19.9. The fourth-order valence-corrected chi connectivity index (χ4v) is 4.53. The monoisotopic (exact) mass is 479 g/mol. The van der Waals surface area contributed by atoms with Crippen LogP contribution in [-0.4, -0.2) is 59.8 Å². The number of nitrogens with zero attached hydrogens (tertiary/aromatic N) is 3. The normalized spacial score (nSPS) is 21.3. The van der Waals surface area contributed by atoms with Crippen LogP contribution in [0.4, 0.5) is 13.6 Å². The molecule has 0 aliphatic heterocycles. The Balaban J connectivity index is 1.46. The third-order valence-corrected chi connectivity index (χ3v) is 6.95. The molecule has 8 nitrogen and oxygen atoms in total. The van der Waals surface area contributed by atoms with Crippen molar-refractivity contribution in [1.29, 1.82) is 0 Å². The molecule has 0 atom stereocenters. The summed E-state index contributed by atoms with van der Waals surface area (Å²) in [5.41, 5.74) is 8.52. The first-order chi connectivity index (χ1) is 16.1. The lowest BCUT2D eigenvalue weighted by Crippen LogP contribution is -2.51. The summed E-state index contributed by atoms with van der Waals surface area (Å²) in [6.07, 6.45) is 6.71. The summed E-state index contributed by atoms with van der Waals surface area (Å²) in [4.78, 5) is 18.4.